The van der Waals surface area contributed by atoms with Crippen molar-refractivity contribution in [3.63, 3.8) is 0 Å². The predicted molar refractivity (Wildman–Crippen MR) is 70.5 cm³/mol. The summed E-state index contributed by atoms with van der Waals surface area (Å²) in [6.45, 7) is 11.3. The molecule has 1 aliphatic rings. The van der Waals surface area contributed by atoms with Crippen molar-refractivity contribution in [2.75, 3.05) is 6.61 Å². The van der Waals surface area contributed by atoms with Gasteiger partial charge in [0.25, 0.3) is 0 Å². The van der Waals surface area contributed by atoms with Gasteiger partial charge in [0.2, 0.25) is 0 Å². The molecule has 0 heterocycles. The van der Waals surface area contributed by atoms with Crippen molar-refractivity contribution < 1.29 is 9.47 Å². The van der Waals surface area contributed by atoms with Crippen LogP contribution in [0.5, 0.6) is 0 Å². The molecule has 1 aliphatic carbocycles. The minimum absolute atomic E-state index is 0.138. The number of ether oxygens (including phenoxy) is 2. The molecule has 0 saturated heterocycles. The Kier molecular flexibility index (Phi) is 5.32. The summed E-state index contributed by atoms with van der Waals surface area (Å²) in [5.41, 5.74) is 1.35. The number of halogens is 1. The van der Waals surface area contributed by atoms with Gasteiger partial charge in [-0.25, -0.2) is 0 Å². The molecule has 94 valence electrons. The molecule has 3 heteroatoms. The van der Waals surface area contributed by atoms with Crippen molar-refractivity contribution in [3.05, 3.63) is 11.3 Å². The van der Waals surface area contributed by atoms with Crippen molar-refractivity contribution in [1.29, 1.82) is 0 Å². The number of alkyl halides is 1. The van der Waals surface area contributed by atoms with E-state index in [0.717, 1.165) is 12.2 Å². The van der Waals surface area contributed by atoms with E-state index in [1.54, 1.807) is 0 Å². The maximum absolute atomic E-state index is 5.87. The van der Waals surface area contributed by atoms with Crippen molar-refractivity contribution in [2.45, 2.75) is 52.2 Å². The van der Waals surface area contributed by atoms with Gasteiger partial charge < -0.3 is 9.47 Å². The molecule has 2 nitrogen and oxygen atoms in total. The van der Waals surface area contributed by atoms with Gasteiger partial charge in [-0.15, -0.1) is 0 Å². The summed E-state index contributed by atoms with van der Waals surface area (Å²) in [4.78, 5) is 0.558. The largest absolute Gasteiger partial charge is 0.470 e. The van der Waals surface area contributed by atoms with E-state index in [0.29, 0.717) is 23.3 Å². The fourth-order valence-corrected chi connectivity index (χ4v) is 2.75. The molecule has 0 fully saturated rings. The average molecular weight is 291 g/mol. The van der Waals surface area contributed by atoms with Crippen LogP contribution in [0.1, 0.15) is 41.0 Å². The Hall–Kier alpha value is -0.0200. The Balaban J connectivity index is 2.71. The van der Waals surface area contributed by atoms with Gasteiger partial charge in [-0.1, -0.05) is 29.8 Å². The van der Waals surface area contributed by atoms with Gasteiger partial charge in [0.05, 0.1) is 5.76 Å². The number of hydrogen-bond donors (Lipinski definition) is 0. The maximum Gasteiger partial charge on any atom is 0.196 e. The highest BCUT2D eigenvalue weighted by molar-refractivity contribution is 9.09. The van der Waals surface area contributed by atoms with Crippen molar-refractivity contribution in [2.24, 2.45) is 11.8 Å². The number of allylic oxidation sites excluding steroid dienone is 2. The Morgan fingerprint density at radius 3 is 2.62 bits per heavy atom. The van der Waals surface area contributed by atoms with Crippen LogP contribution in [0.2, 0.25) is 0 Å². The quantitative estimate of drug-likeness (QED) is 0.573. The zero-order valence-corrected chi connectivity index (χ0v) is 12.5. The van der Waals surface area contributed by atoms with E-state index in [4.69, 9.17) is 9.47 Å². The molecular weight excluding hydrogens is 268 g/mol. The fraction of sp³-hybridized carbons (Fsp3) is 0.846. The summed E-state index contributed by atoms with van der Waals surface area (Å²) in [7, 11) is 0. The van der Waals surface area contributed by atoms with E-state index in [1.807, 2.05) is 13.8 Å². The first kappa shape index (κ1) is 14.0. The van der Waals surface area contributed by atoms with Crippen LogP contribution in [0.3, 0.4) is 0 Å². The van der Waals surface area contributed by atoms with Crippen LogP contribution in [-0.2, 0) is 9.47 Å². The lowest BCUT2D eigenvalue weighted by molar-refractivity contribution is -0.104. The summed E-state index contributed by atoms with van der Waals surface area (Å²) in [6.07, 6.45) is 0.866. The second kappa shape index (κ2) is 6.06. The summed E-state index contributed by atoms with van der Waals surface area (Å²) in [6, 6.07) is 0. The molecule has 0 bridgehead atoms. The average Bonchev–Trinajstić information content (AvgIpc) is 2.23. The third kappa shape index (κ3) is 3.24. The Morgan fingerprint density at radius 2 is 2.06 bits per heavy atom. The smallest absolute Gasteiger partial charge is 0.196 e. The second-order valence-corrected chi connectivity index (χ2v) is 5.72. The van der Waals surface area contributed by atoms with Crippen LogP contribution in [0.25, 0.3) is 0 Å². The van der Waals surface area contributed by atoms with Crippen LogP contribution >= 0.6 is 15.9 Å². The van der Waals surface area contributed by atoms with Gasteiger partial charge in [0.15, 0.2) is 6.29 Å². The zero-order chi connectivity index (χ0) is 12.3. The Bertz CT molecular complexity index is 263. The molecule has 4 atom stereocenters. The van der Waals surface area contributed by atoms with Crippen molar-refractivity contribution >= 4 is 15.9 Å². The molecular formula is C13H23BrO2. The van der Waals surface area contributed by atoms with Crippen LogP contribution in [0.4, 0.5) is 0 Å². The molecule has 0 aromatic carbocycles. The third-order valence-corrected chi connectivity index (χ3v) is 5.06. The molecule has 0 spiro atoms. The first-order valence-electron chi connectivity index (χ1n) is 6.09. The Morgan fingerprint density at radius 1 is 1.44 bits per heavy atom. The first-order chi connectivity index (χ1) is 7.47. The van der Waals surface area contributed by atoms with Crippen molar-refractivity contribution in [3.8, 4) is 0 Å². The van der Waals surface area contributed by atoms with Gasteiger partial charge in [-0.3, -0.25) is 0 Å². The van der Waals surface area contributed by atoms with Gasteiger partial charge >= 0.3 is 0 Å². The Labute approximate surface area is 108 Å². The molecule has 0 radical (unpaired) electrons. The molecule has 0 N–H and O–H groups in total. The molecule has 0 aromatic heterocycles. The highest BCUT2D eigenvalue weighted by Gasteiger charge is 2.31. The van der Waals surface area contributed by atoms with Crippen LogP contribution in [-0.4, -0.2) is 17.7 Å². The normalized spacial score (nSPS) is 32.8. The monoisotopic (exact) mass is 290 g/mol. The van der Waals surface area contributed by atoms with Gasteiger partial charge in [0.1, 0.15) is 0 Å². The zero-order valence-electron chi connectivity index (χ0n) is 10.9. The van der Waals surface area contributed by atoms with Gasteiger partial charge in [-0.2, -0.15) is 0 Å². The lowest BCUT2D eigenvalue weighted by Gasteiger charge is -2.34. The second-order valence-electron chi connectivity index (χ2n) is 4.66. The number of rotatable bonds is 4. The standard InChI is InChI=1S/C13H23BrO2/c1-6-15-11(5)16-12-7-8(2)13(14)10(4)9(12)3/h8,10-11,13H,6-7H2,1-5H3. The minimum atomic E-state index is -0.138. The lowest BCUT2D eigenvalue weighted by atomic mass is 9.82. The summed E-state index contributed by atoms with van der Waals surface area (Å²) in [5, 5.41) is 0. The molecule has 0 amide bonds. The van der Waals surface area contributed by atoms with Gasteiger partial charge in [-0.05, 0) is 38.2 Å². The van der Waals surface area contributed by atoms with E-state index >= 15 is 0 Å². The first-order valence-corrected chi connectivity index (χ1v) is 7.00. The SMILES string of the molecule is CCOC(C)OC1=C(C)C(C)C(Br)C(C)C1. The fourth-order valence-electron chi connectivity index (χ4n) is 2.16. The maximum atomic E-state index is 5.87. The topological polar surface area (TPSA) is 18.5 Å². The number of hydrogen-bond acceptors (Lipinski definition) is 2. The van der Waals surface area contributed by atoms with E-state index in [2.05, 4.69) is 36.7 Å². The predicted octanol–water partition coefficient (Wildman–Crippen LogP) is 4.10. The molecule has 0 saturated carbocycles. The molecule has 0 aliphatic heterocycles. The van der Waals surface area contributed by atoms with E-state index in [-0.39, 0.29) is 6.29 Å². The molecule has 4 unspecified atom stereocenters. The van der Waals surface area contributed by atoms with Crippen LogP contribution < -0.4 is 0 Å². The minimum Gasteiger partial charge on any atom is -0.470 e. The highest BCUT2D eigenvalue weighted by Crippen LogP contribution is 2.38. The van der Waals surface area contributed by atoms with E-state index in [1.165, 1.54) is 5.57 Å². The van der Waals surface area contributed by atoms with Crippen molar-refractivity contribution in [1.82, 2.24) is 0 Å². The summed E-state index contributed by atoms with van der Waals surface area (Å²) < 4.78 is 11.3. The van der Waals surface area contributed by atoms with Crippen LogP contribution in [0, 0.1) is 11.8 Å². The lowest BCUT2D eigenvalue weighted by Crippen LogP contribution is -2.29. The van der Waals surface area contributed by atoms with Crippen LogP contribution in [0.15, 0.2) is 11.3 Å². The molecule has 16 heavy (non-hydrogen) atoms. The molecule has 0 aromatic rings. The third-order valence-electron chi connectivity index (χ3n) is 3.36. The summed E-state index contributed by atoms with van der Waals surface area (Å²) in [5.74, 6) is 2.27. The highest BCUT2D eigenvalue weighted by atomic mass is 79.9. The van der Waals surface area contributed by atoms with E-state index < -0.39 is 0 Å². The molecule has 1 rings (SSSR count). The summed E-state index contributed by atoms with van der Waals surface area (Å²) >= 11 is 3.76. The van der Waals surface area contributed by atoms with Gasteiger partial charge in [0, 0.05) is 17.9 Å². The van der Waals surface area contributed by atoms with E-state index in [9.17, 15) is 0 Å².